The fourth-order valence-electron chi connectivity index (χ4n) is 2.29. The van der Waals surface area contributed by atoms with Gasteiger partial charge in [0.05, 0.1) is 6.42 Å². The van der Waals surface area contributed by atoms with Gasteiger partial charge in [-0.1, -0.05) is 30.3 Å². The number of amides is 1. The van der Waals surface area contributed by atoms with E-state index in [1.807, 2.05) is 30.3 Å². The van der Waals surface area contributed by atoms with Gasteiger partial charge in [-0.3, -0.25) is 9.59 Å². The summed E-state index contributed by atoms with van der Waals surface area (Å²) in [7, 11) is 0. The largest absolute Gasteiger partial charge is 0.454 e. The van der Waals surface area contributed by atoms with Gasteiger partial charge in [0, 0.05) is 12.1 Å². The highest BCUT2D eigenvalue weighted by atomic mass is 16.7. The Morgan fingerprint density at radius 3 is 2.59 bits per heavy atom. The van der Waals surface area contributed by atoms with Crippen LogP contribution in [0.2, 0.25) is 0 Å². The lowest BCUT2D eigenvalue weighted by molar-refractivity contribution is -0.120. The predicted molar refractivity (Wildman–Crippen MR) is 79.9 cm³/mol. The minimum absolute atomic E-state index is 0.123. The summed E-state index contributed by atoms with van der Waals surface area (Å²) in [6.45, 7) is 0.595. The van der Waals surface area contributed by atoms with Crippen LogP contribution in [-0.4, -0.2) is 19.0 Å². The van der Waals surface area contributed by atoms with E-state index in [-0.39, 0.29) is 19.1 Å². The molecule has 1 N–H and O–H groups in total. The Hall–Kier alpha value is -2.82. The number of carbonyl (C=O) groups is 2. The number of rotatable bonds is 5. The van der Waals surface area contributed by atoms with Gasteiger partial charge in [-0.15, -0.1) is 0 Å². The number of fused-ring (bicyclic) bond motifs is 1. The quantitative estimate of drug-likeness (QED) is 0.858. The van der Waals surface area contributed by atoms with E-state index in [1.54, 1.807) is 12.1 Å². The number of aldehydes is 1. The molecule has 1 amide bonds. The van der Waals surface area contributed by atoms with Crippen LogP contribution in [-0.2, 0) is 17.8 Å². The highest BCUT2D eigenvalue weighted by Gasteiger charge is 2.18. The molecule has 0 unspecified atom stereocenters. The highest BCUT2D eigenvalue weighted by molar-refractivity contribution is 5.85. The second-order valence-corrected chi connectivity index (χ2v) is 4.96. The van der Waals surface area contributed by atoms with Gasteiger partial charge < -0.3 is 14.8 Å². The Bertz CT molecular complexity index is 697. The Balaban J connectivity index is 1.67. The van der Waals surface area contributed by atoms with Crippen LogP contribution in [0.3, 0.4) is 0 Å². The first-order valence-corrected chi connectivity index (χ1v) is 6.94. The van der Waals surface area contributed by atoms with E-state index in [4.69, 9.17) is 9.47 Å². The summed E-state index contributed by atoms with van der Waals surface area (Å²) < 4.78 is 10.5. The van der Waals surface area contributed by atoms with Gasteiger partial charge in [0.2, 0.25) is 12.7 Å². The SMILES string of the molecule is O=Cc1cc2c(cc1CC(=O)NCc1ccccc1)OCO2. The molecule has 0 saturated carbocycles. The predicted octanol–water partition coefficient (Wildman–Crippen LogP) is 2.09. The summed E-state index contributed by atoms with van der Waals surface area (Å²) in [5.41, 5.74) is 2.10. The average Bonchev–Trinajstić information content (AvgIpc) is 3.00. The van der Waals surface area contributed by atoms with E-state index >= 15 is 0 Å². The first-order valence-electron chi connectivity index (χ1n) is 6.94. The summed E-state index contributed by atoms with van der Waals surface area (Å²) >= 11 is 0. The van der Waals surface area contributed by atoms with Crippen LogP contribution in [0.25, 0.3) is 0 Å². The van der Waals surface area contributed by atoms with Gasteiger partial charge in [0.15, 0.2) is 11.5 Å². The Morgan fingerprint density at radius 2 is 1.86 bits per heavy atom. The van der Waals surface area contributed by atoms with Crippen molar-refractivity contribution in [2.45, 2.75) is 13.0 Å². The molecule has 0 spiro atoms. The normalized spacial score (nSPS) is 12.0. The van der Waals surface area contributed by atoms with E-state index in [9.17, 15) is 9.59 Å². The van der Waals surface area contributed by atoms with E-state index in [0.29, 0.717) is 29.2 Å². The molecule has 22 heavy (non-hydrogen) atoms. The topological polar surface area (TPSA) is 64.6 Å². The number of hydrogen-bond acceptors (Lipinski definition) is 4. The van der Waals surface area contributed by atoms with Gasteiger partial charge >= 0.3 is 0 Å². The molecule has 1 aliphatic rings. The first-order chi connectivity index (χ1) is 10.8. The molecule has 112 valence electrons. The molecule has 3 rings (SSSR count). The van der Waals surface area contributed by atoms with Gasteiger partial charge in [0.1, 0.15) is 6.29 Å². The lowest BCUT2D eigenvalue weighted by Gasteiger charge is -2.08. The molecule has 0 radical (unpaired) electrons. The first kappa shape index (κ1) is 14.1. The van der Waals surface area contributed by atoms with Gasteiger partial charge in [-0.25, -0.2) is 0 Å². The monoisotopic (exact) mass is 297 g/mol. The van der Waals surface area contributed by atoms with Crippen molar-refractivity contribution < 1.29 is 19.1 Å². The number of benzene rings is 2. The molecule has 2 aromatic rings. The molecule has 0 atom stereocenters. The number of nitrogens with one attached hydrogen (secondary N) is 1. The molecule has 1 heterocycles. The summed E-state index contributed by atoms with van der Waals surface area (Å²) in [6.07, 6.45) is 0.847. The number of ether oxygens (including phenoxy) is 2. The molecule has 0 aliphatic carbocycles. The highest BCUT2D eigenvalue weighted by Crippen LogP contribution is 2.34. The Kier molecular flexibility index (Phi) is 4.05. The molecule has 0 fully saturated rings. The second kappa shape index (κ2) is 6.30. The van der Waals surface area contributed by atoms with Gasteiger partial charge in [-0.2, -0.15) is 0 Å². The van der Waals surface area contributed by atoms with E-state index in [2.05, 4.69) is 5.32 Å². The molecule has 0 aromatic heterocycles. The Morgan fingerprint density at radius 1 is 1.14 bits per heavy atom. The fourth-order valence-corrected chi connectivity index (χ4v) is 2.29. The van der Waals surface area contributed by atoms with Crippen LogP contribution in [0.1, 0.15) is 21.5 Å². The molecular formula is C17H15NO4. The zero-order chi connectivity index (χ0) is 15.4. The lowest BCUT2D eigenvalue weighted by Crippen LogP contribution is -2.24. The molecule has 2 aromatic carbocycles. The van der Waals surface area contributed by atoms with Crippen molar-refractivity contribution in [3.63, 3.8) is 0 Å². The van der Waals surface area contributed by atoms with Crippen molar-refractivity contribution in [2.24, 2.45) is 0 Å². The smallest absolute Gasteiger partial charge is 0.231 e. The Labute approximate surface area is 127 Å². The molecule has 5 nitrogen and oxygen atoms in total. The van der Waals surface area contributed by atoms with Crippen LogP contribution in [0.5, 0.6) is 11.5 Å². The van der Waals surface area contributed by atoms with Gasteiger partial charge in [-0.05, 0) is 23.3 Å². The van der Waals surface area contributed by atoms with Crippen LogP contribution in [0.4, 0.5) is 0 Å². The number of hydrogen-bond donors (Lipinski definition) is 1. The lowest BCUT2D eigenvalue weighted by atomic mass is 10.0. The summed E-state index contributed by atoms with van der Waals surface area (Å²) in [6, 6.07) is 12.9. The minimum atomic E-state index is -0.147. The zero-order valence-corrected chi connectivity index (χ0v) is 11.9. The number of carbonyl (C=O) groups excluding carboxylic acids is 2. The molecule has 0 bridgehead atoms. The van der Waals surface area contributed by atoms with E-state index < -0.39 is 0 Å². The van der Waals surface area contributed by atoms with Crippen LogP contribution in [0.15, 0.2) is 42.5 Å². The van der Waals surface area contributed by atoms with Crippen molar-refractivity contribution in [3.8, 4) is 11.5 Å². The second-order valence-electron chi connectivity index (χ2n) is 4.96. The fraction of sp³-hybridized carbons (Fsp3) is 0.176. The van der Waals surface area contributed by atoms with Crippen molar-refractivity contribution in [3.05, 3.63) is 59.2 Å². The van der Waals surface area contributed by atoms with Crippen LogP contribution >= 0.6 is 0 Å². The van der Waals surface area contributed by atoms with E-state index in [0.717, 1.165) is 11.8 Å². The van der Waals surface area contributed by atoms with E-state index in [1.165, 1.54) is 0 Å². The molecule has 5 heteroatoms. The maximum absolute atomic E-state index is 12.1. The van der Waals surface area contributed by atoms with Crippen molar-refractivity contribution in [1.29, 1.82) is 0 Å². The van der Waals surface area contributed by atoms with Crippen LogP contribution < -0.4 is 14.8 Å². The third kappa shape index (κ3) is 3.09. The summed E-state index contributed by atoms with van der Waals surface area (Å²) in [5.74, 6) is 0.956. The molecule has 1 aliphatic heterocycles. The summed E-state index contributed by atoms with van der Waals surface area (Å²) in [4.78, 5) is 23.2. The maximum Gasteiger partial charge on any atom is 0.231 e. The zero-order valence-electron chi connectivity index (χ0n) is 11.9. The van der Waals surface area contributed by atoms with Gasteiger partial charge in [0.25, 0.3) is 0 Å². The van der Waals surface area contributed by atoms with Crippen molar-refractivity contribution >= 4 is 12.2 Å². The van der Waals surface area contributed by atoms with Crippen molar-refractivity contribution in [2.75, 3.05) is 6.79 Å². The van der Waals surface area contributed by atoms with Crippen molar-refractivity contribution in [1.82, 2.24) is 5.32 Å². The third-order valence-electron chi connectivity index (χ3n) is 3.44. The molecular weight excluding hydrogens is 282 g/mol. The summed E-state index contributed by atoms with van der Waals surface area (Å²) in [5, 5.41) is 2.84. The maximum atomic E-state index is 12.1. The van der Waals surface area contributed by atoms with Crippen LogP contribution in [0, 0.1) is 0 Å². The standard InChI is InChI=1S/C17H15NO4/c19-10-14-7-16-15(21-11-22-16)6-13(14)8-17(20)18-9-12-4-2-1-3-5-12/h1-7,10H,8-9,11H2,(H,18,20). The third-order valence-corrected chi connectivity index (χ3v) is 3.44. The minimum Gasteiger partial charge on any atom is -0.454 e. The average molecular weight is 297 g/mol. The molecule has 0 saturated heterocycles.